The van der Waals surface area contributed by atoms with Gasteiger partial charge in [-0.1, -0.05) is 11.6 Å². The van der Waals surface area contributed by atoms with Crippen LogP contribution in [0.5, 0.6) is 5.75 Å². The molecule has 0 saturated carbocycles. The maximum Gasteiger partial charge on any atom is 0.410 e. The fourth-order valence-electron chi connectivity index (χ4n) is 2.73. The molecule has 1 saturated heterocycles. The summed E-state index contributed by atoms with van der Waals surface area (Å²) in [6.07, 6.45) is 1.84. The molecule has 1 atom stereocenters. The van der Waals surface area contributed by atoms with E-state index in [-0.39, 0.29) is 35.4 Å². The van der Waals surface area contributed by atoms with Gasteiger partial charge in [-0.2, -0.15) is 0 Å². The number of rotatable bonds is 4. The fraction of sp³-hybridized carbons (Fsp3) is 0.579. The first kappa shape index (κ1) is 21.3. The van der Waals surface area contributed by atoms with Crippen molar-refractivity contribution in [2.24, 2.45) is 0 Å². The van der Waals surface area contributed by atoms with Gasteiger partial charge in [0, 0.05) is 25.2 Å². The van der Waals surface area contributed by atoms with Crippen molar-refractivity contribution in [3.8, 4) is 5.75 Å². The van der Waals surface area contributed by atoms with Crippen molar-refractivity contribution in [1.82, 2.24) is 10.2 Å². The SMILES string of the molecule is CC(C)(C)OC(=O)N1CCC[C@H](NC(=O)COc2ccc(Cl)c(F)c2)CC1. The molecule has 150 valence electrons. The second kappa shape index (κ2) is 9.26. The van der Waals surface area contributed by atoms with Gasteiger partial charge in [0.15, 0.2) is 6.61 Å². The molecule has 0 aromatic heterocycles. The average Bonchev–Trinajstić information content (AvgIpc) is 2.80. The van der Waals surface area contributed by atoms with Crippen LogP contribution in [0, 0.1) is 5.82 Å². The van der Waals surface area contributed by atoms with E-state index in [1.54, 1.807) is 4.90 Å². The van der Waals surface area contributed by atoms with Gasteiger partial charge in [0.25, 0.3) is 5.91 Å². The quantitative estimate of drug-likeness (QED) is 0.835. The molecule has 1 heterocycles. The number of ether oxygens (including phenoxy) is 2. The first-order valence-electron chi connectivity index (χ1n) is 8.99. The number of nitrogens with zero attached hydrogens (tertiary/aromatic N) is 1. The summed E-state index contributed by atoms with van der Waals surface area (Å²) in [4.78, 5) is 25.9. The van der Waals surface area contributed by atoms with Crippen LogP contribution >= 0.6 is 11.6 Å². The van der Waals surface area contributed by atoms with Crippen LogP contribution in [0.3, 0.4) is 0 Å². The van der Waals surface area contributed by atoms with Gasteiger partial charge in [-0.15, -0.1) is 0 Å². The monoisotopic (exact) mass is 400 g/mol. The summed E-state index contributed by atoms with van der Waals surface area (Å²) < 4.78 is 24.1. The van der Waals surface area contributed by atoms with Crippen molar-refractivity contribution in [2.75, 3.05) is 19.7 Å². The summed E-state index contributed by atoms with van der Waals surface area (Å²) >= 11 is 5.61. The van der Waals surface area contributed by atoms with Crippen molar-refractivity contribution in [3.05, 3.63) is 29.0 Å². The maximum atomic E-state index is 13.4. The number of hydrogen-bond acceptors (Lipinski definition) is 4. The van der Waals surface area contributed by atoms with E-state index in [1.165, 1.54) is 12.1 Å². The number of carbonyl (C=O) groups is 2. The van der Waals surface area contributed by atoms with E-state index in [0.29, 0.717) is 19.5 Å². The highest BCUT2D eigenvalue weighted by Crippen LogP contribution is 2.20. The van der Waals surface area contributed by atoms with Crippen molar-refractivity contribution in [1.29, 1.82) is 0 Å². The molecule has 0 bridgehead atoms. The number of nitrogens with one attached hydrogen (secondary N) is 1. The smallest absolute Gasteiger partial charge is 0.410 e. The summed E-state index contributed by atoms with van der Waals surface area (Å²) in [5, 5.41) is 2.90. The lowest BCUT2D eigenvalue weighted by molar-refractivity contribution is -0.123. The van der Waals surface area contributed by atoms with Crippen molar-refractivity contribution in [3.63, 3.8) is 0 Å². The lowest BCUT2D eigenvalue weighted by Crippen LogP contribution is -2.40. The minimum absolute atomic E-state index is 0.000186. The molecule has 1 aromatic rings. The minimum atomic E-state index is -0.597. The Labute approximate surface area is 163 Å². The van der Waals surface area contributed by atoms with Gasteiger partial charge >= 0.3 is 6.09 Å². The van der Waals surface area contributed by atoms with Crippen molar-refractivity contribution in [2.45, 2.75) is 51.7 Å². The van der Waals surface area contributed by atoms with Gasteiger partial charge < -0.3 is 19.7 Å². The van der Waals surface area contributed by atoms with Gasteiger partial charge in [-0.05, 0) is 52.2 Å². The molecule has 1 N–H and O–H groups in total. The van der Waals surface area contributed by atoms with Gasteiger partial charge in [0.2, 0.25) is 0 Å². The summed E-state index contributed by atoms with van der Waals surface area (Å²) in [7, 11) is 0. The first-order chi connectivity index (χ1) is 12.6. The summed E-state index contributed by atoms with van der Waals surface area (Å²) in [6, 6.07) is 3.97. The second-order valence-electron chi connectivity index (χ2n) is 7.53. The Balaban J connectivity index is 1.77. The fourth-order valence-corrected chi connectivity index (χ4v) is 2.85. The maximum absolute atomic E-state index is 13.4. The van der Waals surface area contributed by atoms with Crippen LogP contribution in [0.2, 0.25) is 5.02 Å². The summed E-state index contributed by atoms with van der Waals surface area (Å²) in [5.74, 6) is -0.648. The summed E-state index contributed by atoms with van der Waals surface area (Å²) in [6.45, 7) is 6.40. The number of halogens is 2. The van der Waals surface area contributed by atoms with Crippen LogP contribution in [0.4, 0.5) is 9.18 Å². The highest BCUT2D eigenvalue weighted by atomic mass is 35.5. The summed E-state index contributed by atoms with van der Waals surface area (Å²) in [5.41, 5.74) is -0.532. The Morgan fingerprint density at radius 2 is 2.04 bits per heavy atom. The lowest BCUT2D eigenvalue weighted by Gasteiger charge is -2.26. The molecule has 1 aliphatic heterocycles. The standard InChI is InChI=1S/C19H26ClFN2O4/c1-19(2,3)27-18(25)23-9-4-5-13(8-10-23)22-17(24)12-26-14-6-7-15(20)16(21)11-14/h6-7,11,13H,4-5,8-10,12H2,1-3H3,(H,22,24)/t13-/m0/s1. The van der Waals surface area contributed by atoms with Crippen LogP contribution in [0.1, 0.15) is 40.0 Å². The third kappa shape index (κ3) is 7.25. The number of hydrogen-bond donors (Lipinski definition) is 1. The Hall–Kier alpha value is -2.02. The third-order valence-corrected chi connectivity index (χ3v) is 4.31. The zero-order valence-electron chi connectivity index (χ0n) is 15.9. The number of amides is 2. The minimum Gasteiger partial charge on any atom is -0.484 e. The number of likely N-dealkylation sites (tertiary alicyclic amines) is 1. The topological polar surface area (TPSA) is 67.9 Å². The highest BCUT2D eigenvalue weighted by Gasteiger charge is 2.25. The highest BCUT2D eigenvalue weighted by molar-refractivity contribution is 6.30. The molecule has 0 spiro atoms. The van der Waals surface area contributed by atoms with Gasteiger partial charge in [-0.3, -0.25) is 4.79 Å². The lowest BCUT2D eigenvalue weighted by atomic mass is 10.1. The molecule has 1 aliphatic rings. The van der Waals surface area contributed by atoms with Crippen LogP contribution in [0.25, 0.3) is 0 Å². The van der Waals surface area contributed by atoms with Crippen LogP contribution < -0.4 is 10.1 Å². The van der Waals surface area contributed by atoms with E-state index in [2.05, 4.69) is 5.32 Å². The van der Waals surface area contributed by atoms with Crippen molar-refractivity contribution >= 4 is 23.6 Å². The Kier molecular flexibility index (Phi) is 7.30. The third-order valence-electron chi connectivity index (χ3n) is 4.01. The molecule has 6 nitrogen and oxygen atoms in total. The van der Waals surface area contributed by atoms with E-state index in [0.717, 1.165) is 18.9 Å². The zero-order chi connectivity index (χ0) is 20.0. The van der Waals surface area contributed by atoms with Gasteiger partial charge in [-0.25, -0.2) is 9.18 Å². The molecular formula is C19H26ClFN2O4. The van der Waals surface area contributed by atoms with Crippen LogP contribution in [-0.2, 0) is 9.53 Å². The molecule has 1 fully saturated rings. The van der Waals surface area contributed by atoms with Crippen molar-refractivity contribution < 1.29 is 23.5 Å². The predicted molar refractivity (Wildman–Crippen MR) is 100 cm³/mol. The largest absolute Gasteiger partial charge is 0.484 e. The Morgan fingerprint density at radius 3 is 2.70 bits per heavy atom. The molecule has 0 radical (unpaired) electrons. The van der Waals surface area contributed by atoms with E-state index < -0.39 is 11.4 Å². The normalized spacial score (nSPS) is 17.8. The van der Waals surface area contributed by atoms with E-state index >= 15 is 0 Å². The van der Waals surface area contributed by atoms with Crippen LogP contribution in [0.15, 0.2) is 18.2 Å². The molecule has 2 rings (SSSR count). The molecule has 8 heteroatoms. The predicted octanol–water partition coefficient (Wildman–Crippen LogP) is 3.76. The molecule has 2 amide bonds. The average molecular weight is 401 g/mol. The van der Waals surface area contributed by atoms with Gasteiger partial charge in [0.05, 0.1) is 5.02 Å². The first-order valence-corrected chi connectivity index (χ1v) is 9.37. The second-order valence-corrected chi connectivity index (χ2v) is 7.93. The molecule has 0 unspecified atom stereocenters. The number of carbonyl (C=O) groups excluding carboxylic acids is 2. The Morgan fingerprint density at radius 1 is 1.30 bits per heavy atom. The molecule has 27 heavy (non-hydrogen) atoms. The molecular weight excluding hydrogens is 375 g/mol. The van der Waals surface area contributed by atoms with E-state index in [4.69, 9.17) is 21.1 Å². The van der Waals surface area contributed by atoms with Crippen LogP contribution in [-0.4, -0.2) is 48.2 Å². The van der Waals surface area contributed by atoms with E-state index in [1.807, 2.05) is 20.8 Å². The zero-order valence-corrected chi connectivity index (χ0v) is 16.6. The molecule has 0 aliphatic carbocycles. The van der Waals surface area contributed by atoms with E-state index in [9.17, 15) is 14.0 Å². The molecule has 1 aromatic carbocycles. The van der Waals surface area contributed by atoms with Gasteiger partial charge in [0.1, 0.15) is 17.2 Å². The number of benzene rings is 1. The Bertz CT molecular complexity index is 678.